The van der Waals surface area contributed by atoms with E-state index < -0.39 is 0 Å². The Morgan fingerprint density at radius 2 is 2.20 bits per heavy atom. The van der Waals surface area contributed by atoms with Crippen LogP contribution in [-0.2, 0) is 6.42 Å². The van der Waals surface area contributed by atoms with Gasteiger partial charge >= 0.3 is 0 Å². The molecular formula is C11H20N4. The number of likely N-dealkylation sites (N-methyl/N-ethyl adjacent to an activating group) is 1. The van der Waals surface area contributed by atoms with Crippen LogP contribution in [0.1, 0.15) is 19.5 Å². The predicted molar refractivity (Wildman–Crippen MR) is 63.2 cm³/mol. The summed E-state index contributed by atoms with van der Waals surface area (Å²) < 4.78 is 0. The molecule has 1 heterocycles. The van der Waals surface area contributed by atoms with Crippen LogP contribution in [0, 0.1) is 0 Å². The number of nitrogens with zero attached hydrogens (tertiary/aromatic N) is 3. The molecule has 1 aromatic heterocycles. The first kappa shape index (κ1) is 11.9. The molecule has 0 saturated carbocycles. The van der Waals surface area contributed by atoms with Crippen LogP contribution in [0.3, 0.4) is 0 Å². The minimum Gasteiger partial charge on any atom is -0.347 e. The molecule has 0 amide bonds. The van der Waals surface area contributed by atoms with Crippen molar-refractivity contribution in [1.82, 2.24) is 15.3 Å². The molecule has 4 heteroatoms. The second-order valence-corrected chi connectivity index (χ2v) is 3.91. The van der Waals surface area contributed by atoms with Crippen molar-refractivity contribution in [2.45, 2.75) is 26.3 Å². The van der Waals surface area contributed by atoms with Gasteiger partial charge in [0.05, 0.1) is 0 Å². The Morgan fingerprint density at radius 3 is 2.80 bits per heavy atom. The van der Waals surface area contributed by atoms with Gasteiger partial charge in [0.15, 0.2) is 0 Å². The third-order valence-corrected chi connectivity index (χ3v) is 2.17. The van der Waals surface area contributed by atoms with Gasteiger partial charge in [-0.15, -0.1) is 0 Å². The quantitative estimate of drug-likeness (QED) is 0.786. The van der Waals surface area contributed by atoms with Gasteiger partial charge < -0.3 is 10.2 Å². The fourth-order valence-corrected chi connectivity index (χ4v) is 1.45. The normalized spacial score (nSPS) is 12.5. The molecule has 15 heavy (non-hydrogen) atoms. The van der Waals surface area contributed by atoms with E-state index in [2.05, 4.69) is 29.1 Å². The molecule has 1 rings (SSSR count). The van der Waals surface area contributed by atoms with Crippen LogP contribution in [0.2, 0.25) is 0 Å². The highest BCUT2D eigenvalue weighted by Gasteiger charge is 2.05. The molecule has 1 N–H and O–H groups in total. The van der Waals surface area contributed by atoms with E-state index in [1.165, 1.54) is 0 Å². The Kier molecular flexibility index (Phi) is 4.49. The lowest BCUT2D eigenvalue weighted by Crippen LogP contribution is -2.28. The van der Waals surface area contributed by atoms with Crippen molar-refractivity contribution in [3.63, 3.8) is 0 Å². The Balaban J connectivity index is 2.65. The summed E-state index contributed by atoms with van der Waals surface area (Å²) in [5, 5.41) is 3.37. The van der Waals surface area contributed by atoms with E-state index in [0.29, 0.717) is 6.04 Å². The van der Waals surface area contributed by atoms with Gasteiger partial charge in [0.25, 0.3) is 0 Å². The summed E-state index contributed by atoms with van der Waals surface area (Å²) in [5.74, 6) is 0.774. The monoisotopic (exact) mass is 208 g/mol. The van der Waals surface area contributed by atoms with Crippen molar-refractivity contribution < 1.29 is 0 Å². The molecule has 0 aliphatic carbocycles. The lowest BCUT2D eigenvalue weighted by molar-refractivity contribution is 0.559. The van der Waals surface area contributed by atoms with Gasteiger partial charge in [-0.3, -0.25) is 0 Å². The summed E-state index contributed by atoms with van der Waals surface area (Å²) >= 11 is 0. The Bertz CT molecular complexity index is 298. The van der Waals surface area contributed by atoms with Gasteiger partial charge in [0.1, 0.15) is 0 Å². The van der Waals surface area contributed by atoms with Crippen molar-refractivity contribution >= 4 is 5.95 Å². The van der Waals surface area contributed by atoms with E-state index in [0.717, 1.165) is 24.6 Å². The average Bonchev–Trinajstić information content (AvgIpc) is 2.18. The van der Waals surface area contributed by atoms with Crippen LogP contribution in [0.4, 0.5) is 5.95 Å². The first-order valence-corrected chi connectivity index (χ1v) is 5.36. The molecule has 0 fully saturated rings. The fourth-order valence-electron chi connectivity index (χ4n) is 1.45. The van der Waals surface area contributed by atoms with Gasteiger partial charge in [-0.25, -0.2) is 9.97 Å². The SMILES string of the molecule is CCNC(C)Cc1ccnc(N(C)C)n1. The minimum atomic E-state index is 0.458. The third-order valence-electron chi connectivity index (χ3n) is 2.17. The van der Waals surface area contributed by atoms with Gasteiger partial charge in [0, 0.05) is 38.4 Å². The number of aromatic nitrogens is 2. The Morgan fingerprint density at radius 1 is 1.47 bits per heavy atom. The number of nitrogens with one attached hydrogen (secondary N) is 1. The standard InChI is InChI=1S/C11H20N4/c1-5-12-9(2)8-10-6-7-13-11(14-10)15(3)4/h6-7,9,12H,5,8H2,1-4H3. The van der Waals surface area contributed by atoms with E-state index in [-0.39, 0.29) is 0 Å². The van der Waals surface area contributed by atoms with Crippen LogP contribution in [0.15, 0.2) is 12.3 Å². The number of hydrogen-bond donors (Lipinski definition) is 1. The highest BCUT2D eigenvalue weighted by molar-refractivity contribution is 5.27. The maximum atomic E-state index is 4.47. The van der Waals surface area contributed by atoms with Gasteiger partial charge in [-0.1, -0.05) is 6.92 Å². The lowest BCUT2D eigenvalue weighted by atomic mass is 10.2. The fraction of sp³-hybridized carbons (Fsp3) is 0.636. The maximum Gasteiger partial charge on any atom is 0.224 e. The third kappa shape index (κ3) is 3.83. The first-order chi connectivity index (χ1) is 7.13. The second-order valence-electron chi connectivity index (χ2n) is 3.91. The van der Waals surface area contributed by atoms with E-state index in [4.69, 9.17) is 0 Å². The van der Waals surface area contributed by atoms with Crippen molar-refractivity contribution in [1.29, 1.82) is 0 Å². The van der Waals surface area contributed by atoms with Crippen molar-refractivity contribution in [3.05, 3.63) is 18.0 Å². The molecule has 0 bridgehead atoms. The Labute approximate surface area is 91.7 Å². The van der Waals surface area contributed by atoms with Gasteiger partial charge in [0.2, 0.25) is 5.95 Å². The summed E-state index contributed by atoms with van der Waals surface area (Å²) in [4.78, 5) is 10.6. The number of anilines is 1. The molecule has 1 aromatic rings. The zero-order valence-electron chi connectivity index (χ0n) is 9.99. The van der Waals surface area contributed by atoms with Crippen molar-refractivity contribution in [3.8, 4) is 0 Å². The molecule has 4 nitrogen and oxygen atoms in total. The molecule has 0 aliphatic rings. The Hall–Kier alpha value is -1.16. The van der Waals surface area contributed by atoms with E-state index in [9.17, 15) is 0 Å². The smallest absolute Gasteiger partial charge is 0.224 e. The van der Waals surface area contributed by atoms with Gasteiger partial charge in [-0.2, -0.15) is 0 Å². The van der Waals surface area contributed by atoms with E-state index in [1.54, 1.807) is 0 Å². The lowest BCUT2D eigenvalue weighted by Gasteiger charge is -2.14. The molecule has 0 spiro atoms. The van der Waals surface area contributed by atoms with Crippen LogP contribution in [0.5, 0.6) is 0 Å². The topological polar surface area (TPSA) is 41.1 Å². The van der Waals surface area contributed by atoms with Crippen molar-refractivity contribution in [2.24, 2.45) is 0 Å². The highest BCUT2D eigenvalue weighted by Crippen LogP contribution is 2.05. The van der Waals surface area contributed by atoms with E-state index >= 15 is 0 Å². The summed E-state index contributed by atoms with van der Waals surface area (Å²) in [6.07, 6.45) is 2.76. The second kappa shape index (κ2) is 5.66. The molecule has 0 radical (unpaired) electrons. The molecular weight excluding hydrogens is 188 g/mol. The summed E-state index contributed by atoms with van der Waals surface area (Å²) in [6, 6.07) is 2.43. The summed E-state index contributed by atoms with van der Waals surface area (Å²) in [7, 11) is 3.90. The largest absolute Gasteiger partial charge is 0.347 e. The van der Waals surface area contributed by atoms with Crippen LogP contribution in [-0.4, -0.2) is 36.6 Å². The number of rotatable bonds is 5. The molecule has 0 saturated heterocycles. The van der Waals surface area contributed by atoms with Crippen LogP contribution >= 0.6 is 0 Å². The molecule has 0 aromatic carbocycles. The predicted octanol–water partition coefficient (Wildman–Crippen LogP) is 1.08. The summed E-state index contributed by atoms with van der Waals surface area (Å²) in [6.45, 7) is 5.27. The van der Waals surface area contributed by atoms with E-state index in [1.807, 2.05) is 31.3 Å². The molecule has 1 unspecified atom stereocenters. The molecule has 0 aliphatic heterocycles. The first-order valence-electron chi connectivity index (χ1n) is 5.36. The van der Waals surface area contributed by atoms with Crippen molar-refractivity contribution in [2.75, 3.05) is 25.5 Å². The zero-order valence-corrected chi connectivity index (χ0v) is 9.99. The molecule has 84 valence electrons. The molecule has 1 atom stereocenters. The highest BCUT2D eigenvalue weighted by atomic mass is 15.2. The van der Waals surface area contributed by atoms with Gasteiger partial charge in [-0.05, 0) is 19.5 Å². The maximum absolute atomic E-state index is 4.47. The minimum absolute atomic E-state index is 0.458. The average molecular weight is 208 g/mol. The van der Waals surface area contributed by atoms with Crippen LogP contribution in [0.25, 0.3) is 0 Å². The zero-order chi connectivity index (χ0) is 11.3. The summed E-state index contributed by atoms with van der Waals surface area (Å²) in [5.41, 5.74) is 1.09. The number of hydrogen-bond acceptors (Lipinski definition) is 4. The van der Waals surface area contributed by atoms with Crippen LogP contribution < -0.4 is 10.2 Å².